The topological polar surface area (TPSA) is 88.4 Å². The number of hydrogen-bond acceptors (Lipinski definition) is 5. The van der Waals surface area contributed by atoms with Crippen LogP contribution in [0.15, 0.2) is 42.0 Å². The fourth-order valence-corrected chi connectivity index (χ4v) is 2.81. The molecule has 150 valence electrons. The first-order valence-electron chi connectivity index (χ1n) is 9.10. The minimum absolute atomic E-state index is 0.0231. The van der Waals surface area contributed by atoms with Gasteiger partial charge in [0.1, 0.15) is 17.4 Å². The number of nitriles is 1. The number of esters is 1. The smallest absolute Gasteiger partial charge is 0.337 e. The molecule has 0 aliphatic carbocycles. The van der Waals surface area contributed by atoms with Crippen LogP contribution in [0.1, 0.15) is 46.8 Å². The number of nitrogens with one attached hydrogen (secondary N) is 1. The number of amides is 1. The molecule has 6 heteroatoms. The number of carbonyl (C=O) groups is 2. The Hall–Kier alpha value is -3.59. The first-order chi connectivity index (χ1) is 13.8. The summed E-state index contributed by atoms with van der Waals surface area (Å²) in [4.78, 5) is 24.0. The molecule has 0 unspecified atom stereocenters. The zero-order valence-corrected chi connectivity index (χ0v) is 17.2. The molecule has 0 spiro atoms. The molecule has 0 aliphatic rings. The van der Waals surface area contributed by atoms with E-state index in [-0.39, 0.29) is 11.5 Å². The third-order valence-corrected chi connectivity index (χ3v) is 4.47. The van der Waals surface area contributed by atoms with Crippen molar-refractivity contribution in [2.24, 2.45) is 0 Å². The number of nitrogens with zero attached hydrogens (tertiary/aromatic N) is 1. The second kappa shape index (κ2) is 9.56. The summed E-state index contributed by atoms with van der Waals surface area (Å²) in [6.45, 7) is 6.00. The molecule has 2 aromatic carbocycles. The van der Waals surface area contributed by atoms with Gasteiger partial charge in [-0.25, -0.2) is 4.79 Å². The number of methoxy groups -OCH3 is 2. The van der Waals surface area contributed by atoms with E-state index in [1.165, 1.54) is 7.11 Å². The number of aryl methyl sites for hydroxylation is 1. The van der Waals surface area contributed by atoms with Gasteiger partial charge in [0.2, 0.25) is 0 Å². The molecule has 0 heterocycles. The molecule has 0 atom stereocenters. The van der Waals surface area contributed by atoms with Crippen molar-refractivity contribution < 1.29 is 19.1 Å². The van der Waals surface area contributed by atoms with Gasteiger partial charge in [-0.05, 0) is 72.0 Å². The molecule has 0 bridgehead atoms. The maximum atomic E-state index is 12.6. The SMILES string of the molecule is COC(=O)c1ccc(NC(=O)/C(C#N)=C/c2cc(C(C)C)c(OC)cc2C)cc1. The molecule has 0 aliphatic heterocycles. The molecule has 0 aromatic heterocycles. The van der Waals surface area contributed by atoms with Crippen LogP contribution >= 0.6 is 0 Å². The van der Waals surface area contributed by atoms with Crippen molar-refractivity contribution in [3.05, 3.63) is 64.2 Å². The Kier molecular flexibility index (Phi) is 7.15. The van der Waals surface area contributed by atoms with Crippen molar-refractivity contribution in [2.75, 3.05) is 19.5 Å². The van der Waals surface area contributed by atoms with Crippen molar-refractivity contribution in [1.29, 1.82) is 5.26 Å². The van der Waals surface area contributed by atoms with Crippen LogP contribution in [-0.2, 0) is 9.53 Å². The fraction of sp³-hybridized carbons (Fsp3) is 0.261. The van der Waals surface area contributed by atoms with Gasteiger partial charge in [-0.3, -0.25) is 4.79 Å². The summed E-state index contributed by atoms with van der Waals surface area (Å²) in [6.07, 6.45) is 1.57. The molecule has 6 nitrogen and oxygen atoms in total. The zero-order chi connectivity index (χ0) is 21.6. The van der Waals surface area contributed by atoms with Crippen LogP contribution < -0.4 is 10.1 Å². The van der Waals surface area contributed by atoms with E-state index in [1.807, 2.05) is 25.1 Å². The molecule has 0 fully saturated rings. The van der Waals surface area contributed by atoms with Crippen molar-refractivity contribution >= 4 is 23.6 Å². The summed E-state index contributed by atoms with van der Waals surface area (Å²) < 4.78 is 10.1. The largest absolute Gasteiger partial charge is 0.496 e. The molecule has 0 saturated heterocycles. The summed E-state index contributed by atoms with van der Waals surface area (Å²) in [7, 11) is 2.92. The monoisotopic (exact) mass is 392 g/mol. The predicted molar refractivity (Wildman–Crippen MR) is 112 cm³/mol. The molecule has 1 amide bonds. The van der Waals surface area contributed by atoms with Gasteiger partial charge in [-0.15, -0.1) is 0 Å². The number of hydrogen-bond donors (Lipinski definition) is 1. The van der Waals surface area contributed by atoms with Gasteiger partial charge in [0.15, 0.2) is 0 Å². The summed E-state index contributed by atoms with van der Waals surface area (Å²) in [6, 6.07) is 12.0. The molecular weight excluding hydrogens is 368 g/mol. The second-order valence-corrected chi connectivity index (χ2v) is 6.80. The van der Waals surface area contributed by atoms with Crippen LogP contribution in [0.2, 0.25) is 0 Å². The third kappa shape index (κ3) is 5.23. The van der Waals surface area contributed by atoms with Crippen molar-refractivity contribution in [3.8, 4) is 11.8 Å². The lowest BCUT2D eigenvalue weighted by molar-refractivity contribution is -0.112. The summed E-state index contributed by atoms with van der Waals surface area (Å²) >= 11 is 0. The fourth-order valence-electron chi connectivity index (χ4n) is 2.81. The first-order valence-corrected chi connectivity index (χ1v) is 9.10. The average Bonchev–Trinajstić information content (AvgIpc) is 2.72. The number of benzene rings is 2. The lowest BCUT2D eigenvalue weighted by Gasteiger charge is -2.15. The van der Waals surface area contributed by atoms with Crippen LogP contribution in [0.4, 0.5) is 5.69 Å². The Morgan fingerprint density at radius 1 is 1.14 bits per heavy atom. The summed E-state index contributed by atoms with van der Waals surface area (Å²) in [5, 5.41) is 12.2. The highest BCUT2D eigenvalue weighted by Gasteiger charge is 2.14. The number of anilines is 1. The molecular formula is C23H24N2O4. The van der Waals surface area contributed by atoms with Crippen LogP contribution in [0.25, 0.3) is 6.08 Å². The Morgan fingerprint density at radius 3 is 2.31 bits per heavy atom. The maximum Gasteiger partial charge on any atom is 0.337 e. The van der Waals surface area contributed by atoms with E-state index in [9.17, 15) is 14.9 Å². The van der Waals surface area contributed by atoms with Gasteiger partial charge in [0.05, 0.1) is 19.8 Å². The van der Waals surface area contributed by atoms with Gasteiger partial charge in [-0.1, -0.05) is 13.8 Å². The first kappa shape index (κ1) is 21.7. The third-order valence-electron chi connectivity index (χ3n) is 4.47. The highest BCUT2D eigenvalue weighted by atomic mass is 16.5. The molecule has 0 saturated carbocycles. The Balaban J connectivity index is 2.30. The van der Waals surface area contributed by atoms with Crippen LogP contribution in [-0.4, -0.2) is 26.1 Å². The van der Waals surface area contributed by atoms with Crippen molar-refractivity contribution in [3.63, 3.8) is 0 Å². The van der Waals surface area contributed by atoms with Gasteiger partial charge >= 0.3 is 5.97 Å². The summed E-state index contributed by atoms with van der Waals surface area (Å²) in [5.74, 6) is 0.0183. The Labute approximate surface area is 170 Å². The van der Waals surface area contributed by atoms with Crippen molar-refractivity contribution in [1.82, 2.24) is 0 Å². The Morgan fingerprint density at radius 2 is 1.79 bits per heavy atom. The minimum atomic E-state index is -0.528. The highest BCUT2D eigenvalue weighted by molar-refractivity contribution is 6.09. The van der Waals surface area contributed by atoms with Gasteiger partial charge in [0, 0.05) is 5.69 Å². The van der Waals surface area contributed by atoms with Crippen LogP contribution in [0, 0.1) is 18.3 Å². The molecule has 0 radical (unpaired) electrons. The number of carbonyl (C=O) groups excluding carboxylic acids is 2. The second-order valence-electron chi connectivity index (χ2n) is 6.80. The Bertz CT molecular complexity index is 983. The standard InChI is InChI=1S/C23H24N2O4/c1-14(2)20-12-17(15(3)10-21(20)28-4)11-18(13-24)22(26)25-19-8-6-16(7-9-19)23(27)29-5/h6-12,14H,1-5H3,(H,25,26)/b18-11+. The van der Waals surface area contributed by atoms with Gasteiger partial charge in [0.25, 0.3) is 5.91 Å². The maximum absolute atomic E-state index is 12.6. The molecule has 2 rings (SSSR count). The molecule has 2 aromatic rings. The predicted octanol–water partition coefficient (Wildman–Crippen LogP) is 4.46. The van der Waals surface area contributed by atoms with E-state index in [4.69, 9.17) is 4.74 Å². The lowest BCUT2D eigenvalue weighted by atomic mass is 9.95. The van der Waals surface area contributed by atoms with E-state index in [2.05, 4.69) is 23.9 Å². The van der Waals surface area contributed by atoms with Gasteiger partial charge in [-0.2, -0.15) is 5.26 Å². The number of rotatable bonds is 6. The van der Waals surface area contributed by atoms with E-state index < -0.39 is 11.9 Å². The quantitative estimate of drug-likeness (QED) is 0.445. The average molecular weight is 392 g/mol. The van der Waals surface area contributed by atoms with E-state index in [1.54, 1.807) is 37.5 Å². The molecule has 1 N–H and O–H groups in total. The van der Waals surface area contributed by atoms with E-state index in [0.717, 1.165) is 22.4 Å². The lowest BCUT2D eigenvalue weighted by Crippen LogP contribution is -2.13. The minimum Gasteiger partial charge on any atom is -0.496 e. The van der Waals surface area contributed by atoms with Crippen molar-refractivity contribution in [2.45, 2.75) is 26.7 Å². The van der Waals surface area contributed by atoms with Gasteiger partial charge < -0.3 is 14.8 Å². The zero-order valence-electron chi connectivity index (χ0n) is 17.2. The van der Waals surface area contributed by atoms with E-state index in [0.29, 0.717) is 11.3 Å². The van der Waals surface area contributed by atoms with E-state index >= 15 is 0 Å². The summed E-state index contributed by atoms with van der Waals surface area (Å²) in [5.41, 5.74) is 3.50. The van der Waals surface area contributed by atoms with Crippen LogP contribution in [0.5, 0.6) is 5.75 Å². The highest BCUT2D eigenvalue weighted by Crippen LogP contribution is 2.30. The number of ether oxygens (including phenoxy) is 2. The normalized spacial score (nSPS) is 11.0. The molecule has 29 heavy (non-hydrogen) atoms. The van der Waals surface area contributed by atoms with Crippen LogP contribution in [0.3, 0.4) is 0 Å².